The monoisotopic (exact) mass is 449 g/mol. The maximum atomic E-state index is 13.8. The fraction of sp³-hybridized carbons (Fsp3) is 0.409. The standard InChI is InChI=1S/C22H28FN3O4S/c1-15-7-8-20(12-21(15)23)31(28,29)25-19-6-4-5-18(11-19)22(27)24-9-10-26-13-16(2)30-17(3)14-26/h4-8,11-12,16-17,25H,9-10,13-14H2,1-3H3,(H,24,27)/t16-,17-/m1/s1. The van der Waals surface area contributed by atoms with Crippen LogP contribution in [0.5, 0.6) is 0 Å². The van der Waals surface area contributed by atoms with Crippen molar-refractivity contribution in [3.05, 3.63) is 59.4 Å². The normalized spacial score (nSPS) is 19.7. The summed E-state index contributed by atoms with van der Waals surface area (Å²) in [6, 6.07) is 9.91. The average molecular weight is 450 g/mol. The topological polar surface area (TPSA) is 87.7 Å². The molecule has 0 bridgehead atoms. The van der Waals surface area contributed by atoms with Gasteiger partial charge in [0.15, 0.2) is 0 Å². The van der Waals surface area contributed by atoms with Crippen LogP contribution in [0.1, 0.15) is 29.8 Å². The lowest BCUT2D eigenvalue weighted by Crippen LogP contribution is -2.47. The Bertz CT molecular complexity index is 1030. The van der Waals surface area contributed by atoms with E-state index in [9.17, 15) is 17.6 Å². The first kappa shape index (κ1) is 23.2. The smallest absolute Gasteiger partial charge is 0.261 e. The number of anilines is 1. The van der Waals surface area contributed by atoms with Crippen LogP contribution in [0.4, 0.5) is 10.1 Å². The van der Waals surface area contributed by atoms with Crippen molar-refractivity contribution in [1.82, 2.24) is 10.2 Å². The minimum atomic E-state index is -3.98. The molecule has 0 spiro atoms. The van der Waals surface area contributed by atoms with Crippen LogP contribution in [0.15, 0.2) is 47.4 Å². The molecule has 0 aromatic heterocycles. The van der Waals surface area contributed by atoms with Gasteiger partial charge in [0.05, 0.1) is 17.1 Å². The van der Waals surface area contributed by atoms with E-state index in [0.29, 0.717) is 24.2 Å². The molecule has 0 saturated carbocycles. The number of morpholine rings is 1. The van der Waals surface area contributed by atoms with Gasteiger partial charge in [-0.3, -0.25) is 14.4 Å². The summed E-state index contributed by atoms with van der Waals surface area (Å²) in [6.45, 7) is 8.42. The van der Waals surface area contributed by atoms with Crippen LogP contribution in [0, 0.1) is 12.7 Å². The maximum Gasteiger partial charge on any atom is 0.261 e. The summed E-state index contributed by atoms with van der Waals surface area (Å²) < 4.78 is 47.0. The Morgan fingerprint density at radius 2 is 1.87 bits per heavy atom. The summed E-state index contributed by atoms with van der Waals surface area (Å²) >= 11 is 0. The van der Waals surface area contributed by atoms with Crippen molar-refractivity contribution in [1.29, 1.82) is 0 Å². The van der Waals surface area contributed by atoms with Gasteiger partial charge in [0.2, 0.25) is 0 Å². The Hall–Kier alpha value is -2.49. The summed E-state index contributed by atoms with van der Waals surface area (Å²) in [4.78, 5) is 14.6. The number of aryl methyl sites for hydroxylation is 1. The second-order valence-corrected chi connectivity index (χ2v) is 9.55. The molecular formula is C22H28FN3O4S. The van der Waals surface area contributed by atoms with Crippen molar-refractivity contribution in [2.24, 2.45) is 0 Å². The average Bonchev–Trinajstić information content (AvgIpc) is 2.69. The number of nitrogens with zero attached hydrogens (tertiary/aromatic N) is 1. The fourth-order valence-electron chi connectivity index (χ4n) is 3.58. The van der Waals surface area contributed by atoms with E-state index in [2.05, 4.69) is 14.9 Å². The number of nitrogens with one attached hydrogen (secondary N) is 2. The van der Waals surface area contributed by atoms with Gasteiger partial charge in [0, 0.05) is 37.4 Å². The molecule has 0 radical (unpaired) electrons. The van der Waals surface area contributed by atoms with Gasteiger partial charge in [-0.2, -0.15) is 0 Å². The number of amides is 1. The van der Waals surface area contributed by atoms with Gasteiger partial charge in [0.1, 0.15) is 5.82 Å². The quantitative estimate of drug-likeness (QED) is 0.679. The fourth-order valence-corrected chi connectivity index (χ4v) is 4.64. The summed E-state index contributed by atoms with van der Waals surface area (Å²) in [5.74, 6) is -0.892. The summed E-state index contributed by atoms with van der Waals surface area (Å²) in [5.41, 5.74) is 0.919. The van der Waals surface area contributed by atoms with E-state index in [4.69, 9.17) is 4.74 Å². The van der Waals surface area contributed by atoms with E-state index >= 15 is 0 Å². The second-order valence-electron chi connectivity index (χ2n) is 7.87. The summed E-state index contributed by atoms with van der Waals surface area (Å²) in [5, 5.41) is 2.86. The molecule has 31 heavy (non-hydrogen) atoms. The van der Waals surface area contributed by atoms with Crippen molar-refractivity contribution in [3.8, 4) is 0 Å². The highest BCUT2D eigenvalue weighted by Gasteiger charge is 2.22. The van der Waals surface area contributed by atoms with Crippen molar-refractivity contribution in [3.63, 3.8) is 0 Å². The van der Waals surface area contributed by atoms with Gasteiger partial charge < -0.3 is 10.1 Å². The molecule has 1 amide bonds. The molecule has 1 fully saturated rings. The molecule has 2 atom stereocenters. The molecule has 7 nitrogen and oxygen atoms in total. The molecule has 2 aromatic rings. The zero-order valence-corrected chi connectivity index (χ0v) is 18.7. The molecule has 1 saturated heterocycles. The molecule has 0 aliphatic carbocycles. The number of carbonyl (C=O) groups excluding carboxylic acids is 1. The molecule has 1 aliphatic heterocycles. The Labute approximate surface area is 182 Å². The molecule has 1 heterocycles. The third kappa shape index (κ3) is 6.25. The van der Waals surface area contributed by atoms with Crippen molar-refractivity contribution in [2.45, 2.75) is 37.9 Å². The Morgan fingerprint density at radius 1 is 1.16 bits per heavy atom. The SMILES string of the molecule is Cc1ccc(S(=O)(=O)Nc2cccc(C(=O)NCCN3C[C@@H](C)O[C@H](C)C3)c2)cc1F. The van der Waals surface area contributed by atoms with E-state index in [1.54, 1.807) is 19.1 Å². The molecular weight excluding hydrogens is 421 g/mol. The highest BCUT2D eigenvalue weighted by atomic mass is 32.2. The van der Waals surface area contributed by atoms with E-state index in [1.807, 2.05) is 13.8 Å². The number of hydrogen-bond donors (Lipinski definition) is 2. The van der Waals surface area contributed by atoms with Gasteiger partial charge in [-0.25, -0.2) is 12.8 Å². The Kier molecular flexibility index (Phi) is 7.30. The molecule has 2 N–H and O–H groups in total. The third-order valence-corrected chi connectivity index (χ3v) is 6.42. The summed E-state index contributed by atoms with van der Waals surface area (Å²) in [6.07, 6.45) is 0.317. The Morgan fingerprint density at radius 3 is 2.55 bits per heavy atom. The molecule has 1 aliphatic rings. The number of hydrogen-bond acceptors (Lipinski definition) is 5. The molecule has 9 heteroatoms. The number of ether oxygens (including phenoxy) is 1. The molecule has 0 unspecified atom stereocenters. The number of benzene rings is 2. The lowest BCUT2D eigenvalue weighted by molar-refractivity contribution is -0.0672. The number of carbonyl (C=O) groups is 1. The van der Waals surface area contributed by atoms with Crippen molar-refractivity contribution < 1.29 is 22.3 Å². The largest absolute Gasteiger partial charge is 0.373 e. The van der Waals surface area contributed by atoms with Crippen LogP contribution in [0.25, 0.3) is 0 Å². The highest BCUT2D eigenvalue weighted by Crippen LogP contribution is 2.19. The molecule has 2 aromatic carbocycles. The van der Waals surface area contributed by atoms with Crippen LogP contribution in [-0.4, -0.2) is 57.6 Å². The van der Waals surface area contributed by atoms with Crippen molar-refractivity contribution >= 4 is 21.6 Å². The predicted octanol–water partition coefficient (Wildman–Crippen LogP) is 2.77. The molecule has 168 valence electrons. The number of sulfonamides is 1. The van der Waals surface area contributed by atoms with Crippen molar-refractivity contribution in [2.75, 3.05) is 30.9 Å². The zero-order valence-electron chi connectivity index (χ0n) is 17.9. The Balaban J connectivity index is 1.60. The minimum Gasteiger partial charge on any atom is -0.373 e. The zero-order chi connectivity index (χ0) is 22.6. The van der Waals surface area contributed by atoms with Crippen LogP contribution in [0.2, 0.25) is 0 Å². The van der Waals surface area contributed by atoms with Crippen LogP contribution >= 0.6 is 0 Å². The van der Waals surface area contributed by atoms with Crippen LogP contribution in [0.3, 0.4) is 0 Å². The van der Waals surface area contributed by atoms with E-state index in [0.717, 1.165) is 19.2 Å². The van der Waals surface area contributed by atoms with Gasteiger partial charge in [-0.05, 0) is 56.7 Å². The van der Waals surface area contributed by atoms with E-state index in [-0.39, 0.29) is 28.7 Å². The first-order chi connectivity index (χ1) is 14.6. The number of halogens is 1. The third-order valence-electron chi connectivity index (χ3n) is 5.04. The minimum absolute atomic E-state index is 0.158. The lowest BCUT2D eigenvalue weighted by atomic mass is 10.2. The first-order valence-corrected chi connectivity index (χ1v) is 11.7. The summed E-state index contributed by atoms with van der Waals surface area (Å²) in [7, 11) is -3.98. The lowest BCUT2D eigenvalue weighted by Gasteiger charge is -2.35. The van der Waals surface area contributed by atoms with E-state index in [1.165, 1.54) is 24.3 Å². The molecule has 3 rings (SSSR count). The van der Waals surface area contributed by atoms with Crippen LogP contribution in [-0.2, 0) is 14.8 Å². The maximum absolute atomic E-state index is 13.8. The highest BCUT2D eigenvalue weighted by molar-refractivity contribution is 7.92. The van der Waals surface area contributed by atoms with Gasteiger partial charge >= 0.3 is 0 Å². The van der Waals surface area contributed by atoms with Gasteiger partial charge in [-0.1, -0.05) is 12.1 Å². The first-order valence-electron chi connectivity index (χ1n) is 10.2. The van der Waals surface area contributed by atoms with Gasteiger partial charge in [-0.15, -0.1) is 0 Å². The predicted molar refractivity (Wildman–Crippen MR) is 117 cm³/mol. The number of rotatable bonds is 7. The van der Waals surface area contributed by atoms with Gasteiger partial charge in [0.25, 0.3) is 15.9 Å². The second kappa shape index (κ2) is 9.76. The van der Waals surface area contributed by atoms with Crippen LogP contribution < -0.4 is 10.0 Å². The van der Waals surface area contributed by atoms with E-state index < -0.39 is 15.8 Å².